The molecular weight excluding hydrogens is 382 g/mol. The van der Waals surface area contributed by atoms with Crippen molar-refractivity contribution >= 4 is 27.5 Å². The number of phenols is 2. The molecule has 0 spiro atoms. The zero-order chi connectivity index (χ0) is 21.1. The number of carbonyl (C=O) groups excluding carboxylic acids is 1. The van der Waals surface area contributed by atoms with Crippen LogP contribution in [0.2, 0.25) is 0 Å². The van der Waals surface area contributed by atoms with Crippen LogP contribution in [0, 0.1) is 0 Å². The maximum Gasteiger partial charge on any atom is 0.217 e. The highest BCUT2D eigenvalue weighted by molar-refractivity contribution is 6.04. The Morgan fingerprint density at radius 2 is 1.57 bits per heavy atom. The minimum atomic E-state index is -1.00. The molecule has 1 aliphatic carbocycles. The Morgan fingerprint density at radius 1 is 1.00 bits per heavy atom. The zero-order valence-electron chi connectivity index (χ0n) is 17.1. The molecule has 1 fully saturated rings. The van der Waals surface area contributed by atoms with Gasteiger partial charge in [0.05, 0.1) is 18.8 Å². The highest BCUT2D eigenvalue weighted by Crippen LogP contribution is 2.49. The van der Waals surface area contributed by atoms with Crippen molar-refractivity contribution in [1.82, 2.24) is 5.32 Å². The average Bonchev–Trinajstić information content (AvgIpc) is 3.19. The minimum Gasteiger partial charge on any atom is -0.507 e. The molecule has 3 aromatic carbocycles. The second-order valence-corrected chi connectivity index (χ2v) is 8.48. The van der Waals surface area contributed by atoms with E-state index in [9.17, 15) is 15.0 Å². The molecule has 1 aliphatic heterocycles. The first kappa shape index (κ1) is 19.2. The molecule has 1 heterocycles. The van der Waals surface area contributed by atoms with Crippen molar-refractivity contribution in [2.75, 3.05) is 13.2 Å². The Hall–Kier alpha value is -2.83. The number of amides is 1. The quantitative estimate of drug-likeness (QED) is 0.447. The van der Waals surface area contributed by atoms with Crippen molar-refractivity contribution < 1.29 is 24.5 Å². The van der Waals surface area contributed by atoms with Crippen LogP contribution in [0.5, 0.6) is 11.5 Å². The largest absolute Gasteiger partial charge is 0.507 e. The van der Waals surface area contributed by atoms with Crippen LogP contribution in [0.4, 0.5) is 0 Å². The molecule has 3 N–H and O–H groups in total. The number of rotatable bonds is 2. The Morgan fingerprint density at radius 3 is 2.13 bits per heavy atom. The molecular formula is C24H25NO5. The summed E-state index contributed by atoms with van der Waals surface area (Å²) in [6, 6.07) is 11.7. The number of hydrogen-bond acceptors (Lipinski definition) is 5. The summed E-state index contributed by atoms with van der Waals surface area (Å²) in [5.41, 5.74) is 0.519. The van der Waals surface area contributed by atoms with Gasteiger partial charge >= 0.3 is 0 Å². The van der Waals surface area contributed by atoms with E-state index in [4.69, 9.17) is 9.47 Å². The van der Waals surface area contributed by atoms with Gasteiger partial charge in [0.15, 0.2) is 5.79 Å². The maximum atomic E-state index is 12.1. The van der Waals surface area contributed by atoms with Gasteiger partial charge in [0.25, 0.3) is 0 Å². The van der Waals surface area contributed by atoms with E-state index < -0.39 is 11.3 Å². The minimum absolute atomic E-state index is 0.138. The molecule has 0 radical (unpaired) electrons. The summed E-state index contributed by atoms with van der Waals surface area (Å²) < 4.78 is 11.9. The van der Waals surface area contributed by atoms with Gasteiger partial charge in [-0.15, -0.1) is 0 Å². The zero-order valence-corrected chi connectivity index (χ0v) is 17.1. The molecule has 0 unspecified atom stereocenters. The lowest BCUT2D eigenvalue weighted by atomic mass is 9.71. The van der Waals surface area contributed by atoms with Crippen LogP contribution >= 0.6 is 0 Å². The van der Waals surface area contributed by atoms with Gasteiger partial charge in [0.1, 0.15) is 11.5 Å². The summed E-state index contributed by atoms with van der Waals surface area (Å²) in [6.45, 7) is 4.21. The smallest absolute Gasteiger partial charge is 0.217 e. The van der Waals surface area contributed by atoms with E-state index in [1.807, 2.05) is 43.3 Å². The summed E-state index contributed by atoms with van der Waals surface area (Å²) in [7, 11) is 0. The number of phenolic OH excluding ortho intramolecular Hbond substituents is 2. The summed E-state index contributed by atoms with van der Waals surface area (Å²) >= 11 is 0. The van der Waals surface area contributed by atoms with Gasteiger partial charge < -0.3 is 25.0 Å². The predicted octanol–water partition coefficient (Wildman–Crippen LogP) is 3.53. The lowest BCUT2D eigenvalue weighted by Crippen LogP contribution is -2.66. The van der Waals surface area contributed by atoms with Crippen LogP contribution in [0.15, 0.2) is 36.4 Å². The number of ether oxygens (including phenoxy) is 2. The number of hydrogen-bond donors (Lipinski definition) is 3. The van der Waals surface area contributed by atoms with Crippen molar-refractivity contribution in [1.29, 1.82) is 0 Å². The summed E-state index contributed by atoms with van der Waals surface area (Å²) in [4.78, 5) is 12.1. The monoisotopic (exact) mass is 407 g/mol. The van der Waals surface area contributed by atoms with E-state index in [0.29, 0.717) is 48.8 Å². The lowest BCUT2D eigenvalue weighted by Gasteiger charge is -2.48. The normalized spacial score (nSPS) is 22.9. The number of benzene rings is 3. The molecule has 0 saturated carbocycles. The Kier molecular flexibility index (Phi) is 4.21. The van der Waals surface area contributed by atoms with Crippen LogP contribution in [-0.2, 0) is 27.1 Å². The maximum absolute atomic E-state index is 12.1. The first-order valence-electron chi connectivity index (χ1n) is 10.3. The lowest BCUT2D eigenvalue weighted by molar-refractivity contribution is -0.205. The highest BCUT2D eigenvalue weighted by Gasteiger charge is 2.55. The van der Waals surface area contributed by atoms with Crippen molar-refractivity contribution in [3.63, 3.8) is 0 Å². The van der Waals surface area contributed by atoms with Crippen molar-refractivity contribution in [2.24, 2.45) is 0 Å². The Bertz CT molecular complexity index is 1180. The highest BCUT2D eigenvalue weighted by atomic mass is 16.7. The molecule has 156 valence electrons. The molecule has 2 aliphatic rings. The third-order valence-electron chi connectivity index (χ3n) is 6.74. The predicted molar refractivity (Wildman–Crippen MR) is 114 cm³/mol. The standard InChI is InChI=1S/C24H25NO5/c1-14(26)25-24(23(2)29-9-10-30-23)8-7-17-20(13-24)22(28)19-12-16-6-4-3-5-15(16)11-18(19)21(17)27/h3-6,11-12,27-28H,7-10,13H2,1-2H3,(H,25,26)/t24-/m1/s1. The van der Waals surface area contributed by atoms with Crippen LogP contribution < -0.4 is 5.32 Å². The molecule has 6 heteroatoms. The van der Waals surface area contributed by atoms with Crippen LogP contribution in [0.25, 0.3) is 21.5 Å². The van der Waals surface area contributed by atoms with E-state index in [1.54, 1.807) is 0 Å². The molecule has 1 amide bonds. The summed E-state index contributed by atoms with van der Waals surface area (Å²) in [5, 5.41) is 28.7. The molecule has 5 rings (SSSR count). The third kappa shape index (κ3) is 2.67. The van der Waals surface area contributed by atoms with Crippen LogP contribution in [0.1, 0.15) is 31.4 Å². The van der Waals surface area contributed by atoms with E-state index in [-0.39, 0.29) is 17.4 Å². The van der Waals surface area contributed by atoms with Crippen LogP contribution in [0.3, 0.4) is 0 Å². The third-order valence-corrected chi connectivity index (χ3v) is 6.74. The second-order valence-electron chi connectivity index (χ2n) is 8.48. The molecule has 3 aromatic rings. The first-order valence-corrected chi connectivity index (χ1v) is 10.3. The molecule has 1 saturated heterocycles. The van der Waals surface area contributed by atoms with Gasteiger partial charge in [-0.2, -0.15) is 0 Å². The summed E-state index contributed by atoms with van der Waals surface area (Å²) in [5.74, 6) is -0.858. The number of fused-ring (bicyclic) bond motifs is 3. The van der Waals surface area contributed by atoms with Crippen LogP contribution in [-0.4, -0.2) is 40.7 Å². The fourth-order valence-electron chi connectivity index (χ4n) is 5.17. The summed E-state index contributed by atoms with van der Waals surface area (Å²) in [6.07, 6.45) is 1.32. The van der Waals surface area contributed by atoms with Gasteiger partial charge in [-0.3, -0.25) is 4.79 Å². The number of aromatic hydroxyl groups is 2. The SMILES string of the molecule is CC(=O)N[C@]1(C2(C)OCCO2)CCc2c(c(O)c3cc4ccccc4cc3c2O)C1. The molecule has 6 nitrogen and oxygen atoms in total. The van der Waals surface area contributed by atoms with Crippen molar-refractivity contribution in [3.8, 4) is 11.5 Å². The Balaban J connectivity index is 1.72. The van der Waals surface area contributed by atoms with E-state index in [2.05, 4.69) is 5.32 Å². The molecule has 30 heavy (non-hydrogen) atoms. The van der Waals surface area contributed by atoms with Gasteiger partial charge in [-0.25, -0.2) is 0 Å². The Labute approximate surface area is 174 Å². The average molecular weight is 407 g/mol. The topological polar surface area (TPSA) is 88.0 Å². The van der Waals surface area contributed by atoms with Gasteiger partial charge in [0.2, 0.25) is 5.91 Å². The van der Waals surface area contributed by atoms with Gasteiger partial charge in [-0.05, 0) is 42.7 Å². The number of nitrogens with one attached hydrogen (secondary N) is 1. The fraction of sp³-hybridized carbons (Fsp3) is 0.375. The fourth-order valence-corrected chi connectivity index (χ4v) is 5.17. The van der Waals surface area contributed by atoms with E-state index >= 15 is 0 Å². The first-order chi connectivity index (χ1) is 14.3. The van der Waals surface area contributed by atoms with Crippen molar-refractivity contribution in [2.45, 2.75) is 44.4 Å². The van der Waals surface area contributed by atoms with E-state index in [1.165, 1.54) is 6.92 Å². The van der Waals surface area contributed by atoms with E-state index in [0.717, 1.165) is 16.3 Å². The molecule has 0 aromatic heterocycles. The van der Waals surface area contributed by atoms with Gasteiger partial charge in [0, 0.05) is 35.2 Å². The van der Waals surface area contributed by atoms with Crippen molar-refractivity contribution in [3.05, 3.63) is 47.5 Å². The second kappa shape index (κ2) is 6.59. The molecule has 1 atom stereocenters. The number of carbonyl (C=O) groups is 1. The molecule has 0 bridgehead atoms. The van der Waals surface area contributed by atoms with Gasteiger partial charge in [-0.1, -0.05) is 24.3 Å².